The summed E-state index contributed by atoms with van der Waals surface area (Å²) in [6, 6.07) is 11.9. The third-order valence-corrected chi connectivity index (χ3v) is 5.83. The average Bonchev–Trinajstić information content (AvgIpc) is 3.20. The lowest BCUT2D eigenvalue weighted by Crippen LogP contribution is -2.70. The van der Waals surface area contributed by atoms with Crippen LogP contribution in [0.4, 0.5) is 0 Å². The van der Waals surface area contributed by atoms with Gasteiger partial charge in [0.1, 0.15) is 5.92 Å². The summed E-state index contributed by atoms with van der Waals surface area (Å²) in [6.45, 7) is 0. The van der Waals surface area contributed by atoms with Crippen LogP contribution in [0.5, 0.6) is 0 Å². The molecule has 2 heterocycles. The minimum atomic E-state index is -2.22. The molecule has 1 fully saturated rings. The lowest BCUT2D eigenvalue weighted by atomic mass is 9.78. The summed E-state index contributed by atoms with van der Waals surface area (Å²) in [5.74, 6) is -2.43. The lowest BCUT2D eigenvalue weighted by Gasteiger charge is -2.48. The maximum atomic E-state index is 13.3. The Kier molecular flexibility index (Phi) is 5.08. The molecule has 1 saturated heterocycles. The van der Waals surface area contributed by atoms with Gasteiger partial charge in [-0.25, -0.2) is 4.79 Å². The number of rotatable bonds is 4. The monoisotopic (exact) mass is 390 g/mol. The Morgan fingerprint density at radius 3 is 2.54 bits per heavy atom. The zero-order valence-electron chi connectivity index (χ0n) is 14.2. The molecule has 136 valence electrons. The van der Waals surface area contributed by atoms with Gasteiger partial charge in [-0.2, -0.15) is 0 Å². The van der Waals surface area contributed by atoms with Gasteiger partial charge in [-0.1, -0.05) is 36.4 Å². The number of carbonyl (C=O) groups is 2. The molecule has 3 atom stereocenters. The molecule has 6 nitrogen and oxygen atoms in total. The summed E-state index contributed by atoms with van der Waals surface area (Å²) >= 11 is 6.55. The molecule has 1 aromatic heterocycles. The molecule has 8 heteroatoms. The molecule has 0 amide bonds. The molecule has 3 rings (SSSR count). The van der Waals surface area contributed by atoms with Gasteiger partial charge in [0.15, 0.2) is 10.9 Å². The van der Waals surface area contributed by atoms with Crippen LogP contribution in [0.2, 0.25) is 0 Å². The van der Waals surface area contributed by atoms with E-state index in [9.17, 15) is 14.7 Å². The standard InChI is InChI=1S/C18H18N2O4S2/c1-20-17(25)19-14(11-7-4-3-5-8-11)13(18(20,23)16(22)24-2)15(21)12-9-6-10-26-12/h3-10,13-14,23H,1-2H3,(H,19,25)/t13-,14+,18-/m1/s1. The normalized spacial score (nSPS) is 25.5. The second kappa shape index (κ2) is 7.14. The Hall–Kier alpha value is -2.29. The van der Waals surface area contributed by atoms with Crippen LogP contribution >= 0.6 is 23.6 Å². The molecule has 1 aliphatic heterocycles. The summed E-state index contributed by atoms with van der Waals surface area (Å²) in [5, 5.41) is 16.4. The minimum absolute atomic E-state index is 0.155. The first-order valence-corrected chi connectivity index (χ1v) is 9.17. The first kappa shape index (κ1) is 18.5. The highest BCUT2D eigenvalue weighted by molar-refractivity contribution is 7.80. The SMILES string of the molecule is COC(=O)[C@]1(O)[C@@H](C(=O)c2cccs2)[C@H](c2ccccc2)NC(=S)N1C. The van der Waals surface area contributed by atoms with E-state index in [0.29, 0.717) is 4.88 Å². The van der Waals surface area contributed by atoms with Crippen molar-refractivity contribution < 1.29 is 19.4 Å². The van der Waals surface area contributed by atoms with E-state index in [1.54, 1.807) is 17.5 Å². The van der Waals surface area contributed by atoms with Crippen LogP contribution in [0.3, 0.4) is 0 Å². The third-order valence-electron chi connectivity index (χ3n) is 4.55. The Morgan fingerprint density at radius 2 is 1.96 bits per heavy atom. The number of thiophene rings is 1. The summed E-state index contributed by atoms with van der Waals surface area (Å²) in [6.07, 6.45) is 0. The van der Waals surface area contributed by atoms with Gasteiger partial charge >= 0.3 is 5.97 Å². The van der Waals surface area contributed by atoms with Gasteiger partial charge in [-0.15, -0.1) is 11.3 Å². The number of hydrogen-bond acceptors (Lipinski definition) is 6. The van der Waals surface area contributed by atoms with E-state index in [0.717, 1.165) is 5.56 Å². The van der Waals surface area contributed by atoms with Gasteiger partial charge in [0, 0.05) is 7.05 Å². The first-order chi connectivity index (χ1) is 12.4. The van der Waals surface area contributed by atoms with Crippen molar-refractivity contribution in [3.8, 4) is 0 Å². The Bertz CT molecular complexity index is 825. The van der Waals surface area contributed by atoms with Crippen molar-refractivity contribution in [2.75, 3.05) is 14.2 Å². The first-order valence-electron chi connectivity index (χ1n) is 7.89. The smallest absolute Gasteiger partial charge is 0.360 e. The lowest BCUT2D eigenvalue weighted by molar-refractivity contribution is -0.188. The summed E-state index contributed by atoms with van der Waals surface area (Å²) < 4.78 is 4.83. The summed E-state index contributed by atoms with van der Waals surface area (Å²) in [7, 11) is 2.63. The van der Waals surface area contributed by atoms with Crippen molar-refractivity contribution in [1.29, 1.82) is 0 Å². The maximum Gasteiger partial charge on any atom is 0.360 e. The van der Waals surface area contributed by atoms with Crippen LogP contribution < -0.4 is 5.32 Å². The second-order valence-electron chi connectivity index (χ2n) is 5.93. The number of nitrogens with one attached hydrogen (secondary N) is 1. The molecule has 2 aromatic rings. The van der Waals surface area contributed by atoms with Gasteiger partial charge in [-0.05, 0) is 29.2 Å². The van der Waals surface area contributed by atoms with E-state index in [2.05, 4.69) is 5.32 Å². The number of carbonyl (C=O) groups excluding carboxylic acids is 2. The molecular formula is C18H18N2O4S2. The molecule has 0 radical (unpaired) electrons. The Morgan fingerprint density at radius 1 is 1.27 bits per heavy atom. The number of thiocarbonyl (C=S) groups is 1. The molecule has 0 spiro atoms. The molecule has 0 aliphatic carbocycles. The van der Waals surface area contributed by atoms with E-state index in [-0.39, 0.29) is 10.9 Å². The molecule has 1 aromatic carbocycles. The molecule has 0 unspecified atom stereocenters. The topological polar surface area (TPSA) is 78.9 Å². The number of aliphatic hydroxyl groups is 1. The number of ketones is 1. The van der Waals surface area contributed by atoms with Crippen molar-refractivity contribution in [2.45, 2.75) is 11.8 Å². The Balaban J connectivity index is 2.18. The highest BCUT2D eigenvalue weighted by Crippen LogP contribution is 2.40. The van der Waals surface area contributed by atoms with Crippen molar-refractivity contribution in [1.82, 2.24) is 10.2 Å². The fourth-order valence-corrected chi connectivity index (χ4v) is 4.14. The van der Waals surface area contributed by atoms with E-state index in [4.69, 9.17) is 17.0 Å². The fourth-order valence-electron chi connectivity index (χ4n) is 3.17. The largest absolute Gasteiger partial charge is 0.465 e. The number of esters is 1. The van der Waals surface area contributed by atoms with E-state index in [1.165, 1.54) is 30.4 Å². The summed E-state index contributed by atoms with van der Waals surface area (Å²) in [4.78, 5) is 27.5. The van der Waals surface area contributed by atoms with Gasteiger partial charge in [0.25, 0.3) is 5.72 Å². The number of likely N-dealkylation sites (N-methyl/N-ethyl adjacent to an activating group) is 1. The number of ether oxygens (including phenoxy) is 1. The second-order valence-corrected chi connectivity index (χ2v) is 7.27. The number of Topliss-reactive ketones (excluding diaryl/α,β-unsaturated/α-hetero) is 1. The van der Waals surface area contributed by atoms with Crippen LogP contribution in [0.25, 0.3) is 0 Å². The third kappa shape index (κ3) is 2.90. The predicted molar refractivity (Wildman–Crippen MR) is 102 cm³/mol. The zero-order chi connectivity index (χ0) is 18.9. The predicted octanol–water partition coefficient (Wildman–Crippen LogP) is 1.97. The van der Waals surface area contributed by atoms with Crippen LogP contribution in [0.1, 0.15) is 21.3 Å². The van der Waals surface area contributed by atoms with E-state index >= 15 is 0 Å². The Labute approximate surface area is 160 Å². The number of benzene rings is 1. The molecular weight excluding hydrogens is 372 g/mol. The zero-order valence-corrected chi connectivity index (χ0v) is 15.8. The quantitative estimate of drug-likeness (QED) is 0.469. The molecule has 2 N–H and O–H groups in total. The van der Waals surface area contributed by atoms with Crippen molar-refractivity contribution in [2.24, 2.45) is 5.92 Å². The van der Waals surface area contributed by atoms with Crippen LogP contribution in [0.15, 0.2) is 47.8 Å². The van der Waals surface area contributed by atoms with Crippen LogP contribution in [0, 0.1) is 5.92 Å². The van der Waals surface area contributed by atoms with E-state index < -0.39 is 23.7 Å². The molecule has 26 heavy (non-hydrogen) atoms. The number of hydrogen-bond donors (Lipinski definition) is 2. The minimum Gasteiger partial charge on any atom is -0.465 e. The fraction of sp³-hybridized carbons (Fsp3) is 0.278. The molecule has 0 bridgehead atoms. The van der Waals surface area contributed by atoms with Gasteiger partial charge in [0.05, 0.1) is 18.0 Å². The van der Waals surface area contributed by atoms with Gasteiger partial charge in [0.2, 0.25) is 0 Å². The van der Waals surface area contributed by atoms with Crippen molar-refractivity contribution in [3.63, 3.8) is 0 Å². The number of methoxy groups -OCH3 is 1. The van der Waals surface area contributed by atoms with Gasteiger partial charge < -0.3 is 20.1 Å². The van der Waals surface area contributed by atoms with E-state index in [1.807, 2.05) is 30.3 Å². The highest BCUT2D eigenvalue weighted by Gasteiger charge is 2.59. The number of nitrogens with zero attached hydrogens (tertiary/aromatic N) is 1. The van der Waals surface area contributed by atoms with Gasteiger partial charge in [-0.3, -0.25) is 4.79 Å². The highest BCUT2D eigenvalue weighted by atomic mass is 32.1. The van der Waals surface area contributed by atoms with Crippen molar-refractivity contribution in [3.05, 3.63) is 58.3 Å². The maximum absolute atomic E-state index is 13.3. The molecule has 1 aliphatic rings. The molecule has 0 saturated carbocycles. The summed E-state index contributed by atoms with van der Waals surface area (Å²) in [5.41, 5.74) is -1.49. The van der Waals surface area contributed by atoms with Crippen LogP contribution in [-0.2, 0) is 9.53 Å². The van der Waals surface area contributed by atoms with Crippen LogP contribution in [-0.4, -0.2) is 46.8 Å². The average molecular weight is 390 g/mol. The van der Waals surface area contributed by atoms with Crippen molar-refractivity contribution >= 4 is 40.4 Å².